The molecule has 1 N–H and O–H groups in total. The largest absolute Gasteiger partial charge is 0.486 e. The second-order valence-corrected chi connectivity index (χ2v) is 4.84. The molecule has 1 aromatic carbocycles. The van der Waals surface area contributed by atoms with Gasteiger partial charge in [-0.3, -0.25) is 4.68 Å². The molecule has 0 bridgehead atoms. The molecule has 2 aromatic rings. The Morgan fingerprint density at radius 1 is 1.32 bits per heavy atom. The van der Waals surface area contributed by atoms with Gasteiger partial charge in [0.2, 0.25) is 0 Å². The summed E-state index contributed by atoms with van der Waals surface area (Å²) in [4.78, 5) is 0. The van der Waals surface area contributed by atoms with E-state index in [-0.39, 0.29) is 0 Å². The van der Waals surface area contributed by atoms with E-state index < -0.39 is 0 Å². The Bertz CT molecular complexity index is 504. The van der Waals surface area contributed by atoms with Crippen molar-refractivity contribution in [1.82, 2.24) is 15.1 Å². The van der Waals surface area contributed by atoms with E-state index in [4.69, 9.17) is 4.74 Å². The Hall–Kier alpha value is -1.81. The fourth-order valence-corrected chi connectivity index (χ4v) is 2.01. The second-order valence-electron chi connectivity index (χ2n) is 4.84. The van der Waals surface area contributed by atoms with E-state index in [9.17, 15) is 0 Å². The Labute approximate surface area is 114 Å². The summed E-state index contributed by atoms with van der Waals surface area (Å²) in [6.07, 6.45) is 3.59. The number of hydrogen-bond acceptors (Lipinski definition) is 3. The highest BCUT2D eigenvalue weighted by Gasteiger charge is 2.04. The zero-order valence-corrected chi connectivity index (χ0v) is 11.8. The maximum absolute atomic E-state index is 5.67. The molecule has 0 saturated heterocycles. The lowest BCUT2D eigenvalue weighted by Gasteiger charge is -2.11. The third-order valence-corrected chi connectivity index (χ3v) is 3.15. The van der Waals surface area contributed by atoms with Crippen LogP contribution in [0.25, 0.3) is 0 Å². The predicted molar refractivity (Wildman–Crippen MR) is 76.3 cm³/mol. The van der Waals surface area contributed by atoms with Crippen molar-refractivity contribution in [2.45, 2.75) is 19.4 Å². The van der Waals surface area contributed by atoms with E-state index in [1.165, 1.54) is 11.1 Å². The van der Waals surface area contributed by atoms with Crippen LogP contribution in [0.15, 0.2) is 36.7 Å². The Morgan fingerprint density at radius 2 is 2.05 bits per heavy atom. The molecule has 0 aliphatic heterocycles. The maximum Gasteiger partial charge on any atom is 0.157 e. The first-order valence-electron chi connectivity index (χ1n) is 6.54. The van der Waals surface area contributed by atoms with Crippen molar-refractivity contribution in [3.63, 3.8) is 0 Å². The maximum atomic E-state index is 5.67. The van der Waals surface area contributed by atoms with E-state index in [1.54, 1.807) is 10.9 Å². The minimum atomic E-state index is 0.526. The summed E-state index contributed by atoms with van der Waals surface area (Å²) < 4.78 is 7.40. The highest BCUT2D eigenvalue weighted by atomic mass is 16.5. The first kappa shape index (κ1) is 13.6. The van der Waals surface area contributed by atoms with Gasteiger partial charge in [0, 0.05) is 13.6 Å². The molecule has 4 heteroatoms. The number of aryl methyl sites for hydroxylation is 1. The molecular weight excluding hydrogens is 238 g/mol. The Kier molecular flexibility index (Phi) is 4.58. The van der Waals surface area contributed by atoms with Crippen LogP contribution in [0, 0.1) is 0 Å². The zero-order valence-electron chi connectivity index (χ0n) is 11.8. The lowest BCUT2D eigenvalue weighted by molar-refractivity contribution is 0.306. The molecule has 0 aliphatic rings. The molecule has 0 fully saturated rings. The number of aromatic nitrogens is 2. The molecule has 1 atom stereocenters. The monoisotopic (exact) mass is 259 g/mol. The minimum absolute atomic E-state index is 0.526. The van der Waals surface area contributed by atoms with Crippen molar-refractivity contribution >= 4 is 0 Å². The summed E-state index contributed by atoms with van der Waals surface area (Å²) in [5, 5.41) is 7.27. The van der Waals surface area contributed by atoms with E-state index >= 15 is 0 Å². The van der Waals surface area contributed by atoms with Crippen molar-refractivity contribution in [2.24, 2.45) is 7.05 Å². The fourth-order valence-electron chi connectivity index (χ4n) is 2.01. The summed E-state index contributed by atoms with van der Waals surface area (Å²) >= 11 is 0. The molecular formula is C15H21N3O. The number of nitrogens with zero attached hydrogens (tertiary/aromatic N) is 2. The van der Waals surface area contributed by atoms with Gasteiger partial charge in [0.25, 0.3) is 0 Å². The quantitative estimate of drug-likeness (QED) is 0.865. The van der Waals surface area contributed by atoms with Crippen LogP contribution in [0.3, 0.4) is 0 Å². The minimum Gasteiger partial charge on any atom is -0.486 e. The molecule has 1 heterocycles. The van der Waals surface area contributed by atoms with E-state index in [0.717, 1.165) is 12.3 Å². The van der Waals surface area contributed by atoms with Gasteiger partial charge in [0.05, 0.1) is 12.4 Å². The third kappa shape index (κ3) is 3.83. The average molecular weight is 259 g/mol. The van der Waals surface area contributed by atoms with Crippen LogP contribution < -0.4 is 10.1 Å². The number of benzene rings is 1. The second kappa shape index (κ2) is 6.38. The highest BCUT2D eigenvalue weighted by molar-refractivity contribution is 5.25. The molecule has 0 radical (unpaired) electrons. The van der Waals surface area contributed by atoms with Crippen LogP contribution in [0.5, 0.6) is 5.75 Å². The first-order valence-corrected chi connectivity index (χ1v) is 6.54. The SMILES string of the molecule is CNCC(C)c1ccc(COc2cnn(C)c2)cc1. The van der Waals surface area contributed by atoms with Gasteiger partial charge in [-0.2, -0.15) is 5.10 Å². The van der Waals surface area contributed by atoms with Crippen LogP contribution in [0.4, 0.5) is 0 Å². The number of likely N-dealkylation sites (N-methyl/N-ethyl adjacent to an activating group) is 1. The van der Waals surface area contributed by atoms with Gasteiger partial charge in [-0.1, -0.05) is 31.2 Å². The summed E-state index contributed by atoms with van der Waals surface area (Å²) in [6, 6.07) is 8.59. The Balaban J connectivity index is 1.91. The average Bonchev–Trinajstić information content (AvgIpc) is 2.83. The highest BCUT2D eigenvalue weighted by Crippen LogP contribution is 2.16. The predicted octanol–water partition coefficient (Wildman–Crippen LogP) is 2.32. The molecule has 0 spiro atoms. The van der Waals surface area contributed by atoms with Gasteiger partial charge < -0.3 is 10.1 Å². The van der Waals surface area contributed by atoms with Crippen LogP contribution in [-0.4, -0.2) is 23.4 Å². The summed E-state index contributed by atoms with van der Waals surface area (Å²) in [7, 11) is 3.86. The summed E-state index contributed by atoms with van der Waals surface area (Å²) in [5.41, 5.74) is 2.52. The smallest absolute Gasteiger partial charge is 0.157 e. The van der Waals surface area contributed by atoms with E-state index in [0.29, 0.717) is 12.5 Å². The Morgan fingerprint density at radius 3 is 2.63 bits per heavy atom. The topological polar surface area (TPSA) is 39.1 Å². The lowest BCUT2D eigenvalue weighted by Crippen LogP contribution is -2.14. The van der Waals surface area contributed by atoms with E-state index in [1.807, 2.05) is 20.3 Å². The van der Waals surface area contributed by atoms with Gasteiger partial charge >= 0.3 is 0 Å². The molecule has 4 nitrogen and oxygen atoms in total. The van der Waals surface area contributed by atoms with E-state index in [2.05, 4.69) is 41.6 Å². The van der Waals surface area contributed by atoms with Crippen molar-refractivity contribution in [1.29, 1.82) is 0 Å². The normalized spacial score (nSPS) is 12.4. The van der Waals surface area contributed by atoms with Crippen LogP contribution >= 0.6 is 0 Å². The van der Waals surface area contributed by atoms with Gasteiger partial charge in [-0.25, -0.2) is 0 Å². The molecule has 0 aliphatic carbocycles. The number of rotatable bonds is 6. The number of ether oxygens (including phenoxy) is 1. The van der Waals surface area contributed by atoms with Crippen molar-refractivity contribution in [3.8, 4) is 5.75 Å². The lowest BCUT2D eigenvalue weighted by atomic mass is 10.00. The molecule has 1 aromatic heterocycles. The van der Waals surface area contributed by atoms with Crippen molar-refractivity contribution in [2.75, 3.05) is 13.6 Å². The van der Waals surface area contributed by atoms with Crippen LogP contribution in [0.1, 0.15) is 24.0 Å². The van der Waals surface area contributed by atoms with Gasteiger partial charge in [-0.15, -0.1) is 0 Å². The number of nitrogens with one attached hydrogen (secondary N) is 1. The standard InChI is InChI=1S/C15H21N3O/c1-12(8-16-2)14-6-4-13(5-7-14)11-19-15-9-17-18(3)10-15/h4-7,9-10,12,16H,8,11H2,1-3H3. The van der Waals surface area contributed by atoms with Crippen LogP contribution in [0.2, 0.25) is 0 Å². The van der Waals surface area contributed by atoms with Gasteiger partial charge in [-0.05, 0) is 24.1 Å². The summed E-state index contributed by atoms with van der Waals surface area (Å²) in [6.45, 7) is 3.79. The third-order valence-electron chi connectivity index (χ3n) is 3.15. The molecule has 0 saturated carbocycles. The molecule has 102 valence electrons. The molecule has 1 unspecified atom stereocenters. The van der Waals surface area contributed by atoms with Crippen LogP contribution in [-0.2, 0) is 13.7 Å². The molecule has 19 heavy (non-hydrogen) atoms. The zero-order chi connectivity index (χ0) is 13.7. The fraction of sp³-hybridized carbons (Fsp3) is 0.400. The molecule has 0 amide bonds. The van der Waals surface area contributed by atoms with Crippen molar-refractivity contribution in [3.05, 3.63) is 47.8 Å². The first-order chi connectivity index (χ1) is 9.19. The van der Waals surface area contributed by atoms with Gasteiger partial charge in [0.1, 0.15) is 6.61 Å². The molecule has 2 rings (SSSR count). The van der Waals surface area contributed by atoms with Crippen molar-refractivity contribution < 1.29 is 4.74 Å². The number of hydrogen-bond donors (Lipinski definition) is 1. The summed E-state index contributed by atoms with van der Waals surface area (Å²) in [5.74, 6) is 1.33. The van der Waals surface area contributed by atoms with Gasteiger partial charge in [0.15, 0.2) is 5.75 Å².